The zero-order valence-electron chi connectivity index (χ0n) is 12.9. The lowest BCUT2D eigenvalue weighted by molar-refractivity contribution is -0.612. The number of aromatic nitrogens is 1. The molecule has 5 heteroatoms. The van der Waals surface area contributed by atoms with Crippen LogP contribution in [0.4, 0.5) is 0 Å². The van der Waals surface area contributed by atoms with Crippen LogP contribution in [0.15, 0.2) is 48.7 Å². The molecule has 0 spiro atoms. The van der Waals surface area contributed by atoms with Gasteiger partial charge in [-0.2, -0.15) is 16.5 Å². The minimum atomic E-state index is -0.0884. The van der Waals surface area contributed by atoms with Crippen LogP contribution in [0.3, 0.4) is 0 Å². The highest BCUT2D eigenvalue weighted by atomic mass is 32.2. The van der Waals surface area contributed by atoms with Crippen LogP contribution >= 0.6 is 11.8 Å². The molecule has 1 aliphatic heterocycles. The van der Waals surface area contributed by atoms with Crippen molar-refractivity contribution in [1.29, 1.82) is 0 Å². The molecule has 3 rings (SSSR count). The topological polar surface area (TPSA) is 56.0 Å². The van der Waals surface area contributed by atoms with E-state index in [1.165, 1.54) is 18.4 Å². The molecule has 1 aliphatic rings. The fraction of sp³-hybridized carbons (Fsp3) is 0.333. The number of hydrogen-bond donors (Lipinski definition) is 1. The first-order valence-corrected chi connectivity index (χ1v) is 8.93. The van der Waals surface area contributed by atoms with E-state index in [2.05, 4.69) is 5.32 Å². The van der Waals surface area contributed by atoms with Gasteiger partial charge in [-0.3, -0.25) is 4.79 Å². The van der Waals surface area contributed by atoms with Crippen molar-refractivity contribution in [2.45, 2.75) is 24.5 Å². The predicted octanol–water partition coefficient (Wildman–Crippen LogP) is 2.54. The monoisotopic (exact) mass is 328 g/mol. The van der Waals surface area contributed by atoms with Crippen molar-refractivity contribution in [3.05, 3.63) is 59.6 Å². The fourth-order valence-corrected chi connectivity index (χ4v) is 3.91. The Morgan fingerprint density at radius 2 is 2.04 bits per heavy atom. The summed E-state index contributed by atoms with van der Waals surface area (Å²) in [4.78, 5) is 12.0. The van der Waals surface area contributed by atoms with Crippen LogP contribution in [-0.2, 0) is 11.2 Å². The third-order valence-electron chi connectivity index (χ3n) is 3.99. The van der Waals surface area contributed by atoms with E-state index in [9.17, 15) is 10.0 Å². The van der Waals surface area contributed by atoms with Crippen LogP contribution in [0.2, 0.25) is 0 Å². The molecule has 1 aromatic carbocycles. The van der Waals surface area contributed by atoms with E-state index >= 15 is 0 Å². The first-order chi connectivity index (χ1) is 11.2. The van der Waals surface area contributed by atoms with Crippen molar-refractivity contribution < 1.29 is 9.52 Å². The third-order valence-corrected chi connectivity index (χ3v) is 5.39. The number of carbonyl (C=O) groups excluding carboxylic acids is 1. The molecule has 1 amide bonds. The Balaban J connectivity index is 1.60. The zero-order valence-corrected chi connectivity index (χ0v) is 13.7. The maximum absolute atomic E-state index is 12.1. The van der Waals surface area contributed by atoms with Gasteiger partial charge in [-0.25, -0.2) is 0 Å². The molecule has 0 aliphatic carbocycles. The van der Waals surface area contributed by atoms with Gasteiger partial charge in [0, 0.05) is 23.4 Å². The summed E-state index contributed by atoms with van der Waals surface area (Å²) in [6, 6.07) is 13.4. The largest absolute Gasteiger partial charge is 0.618 e. The van der Waals surface area contributed by atoms with Crippen LogP contribution in [0.5, 0.6) is 0 Å². The maximum atomic E-state index is 12.1. The molecule has 1 N–H and O–H groups in total. The number of hydrogen-bond acceptors (Lipinski definition) is 3. The van der Waals surface area contributed by atoms with Crippen molar-refractivity contribution in [2.75, 3.05) is 12.3 Å². The van der Waals surface area contributed by atoms with Crippen LogP contribution in [0.25, 0.3) is 11.1 Å². The average Bonchev–Trinajstić information content (AvgIpc) is 3.09. The van der Waals surface area contributed by atoms with E-state index in [4.69, 9.17) is 0 Å². The summed E-state index contributed by atoms with van der Waals surface area (Å²) in [5.41, 5.74) is 2.32. The molecule has 1 atom stereocenters. The Morgan fingerprint density at radius 3 is 2.74 bits per heavy atom. The number of nitrogens with one attached hydrogen (secondary N) is 1. The highest BCUT2D eigenvalue weighted by molar-refractivity contribution is 8.00. The van der Waals surface area contributed by atoms with E-state index in [-0.39, 0.29) is 12.3 Å². The van der Waals surface area contributed by atoms with Crippen LogP contribution in [0.1, 0.15) is 18.5 Å². The van der Waals surface area contributed by atoms with E-state index in [1.54, 1.807) is 6.07 Å². The van der Waals surface area contributed by atoms with Gasteiger partial charge in [0.1, 0.15) is 6.42 Å². The number of benzene rings is 1. The number of rotatable bonds is 5. The van der Waals surface area contributed by atoms with E-state index in [0.717, 1.165) is 22.3 Å². The lowest BCUT2D eigenvalue weighted by atomic mass is 10.1. The summed E-state index contributed by atoms with van der Waals surface area (Å²) in [7, 11) is 0. The molecule has 23 heavy (non-hydrogen) atoms. The second-order valence-electron chi connectivity index (χ2n) is 5.72. The van der Waals surface area contributed by atoms with Crippen molar-refractivity contribution in [3.63, 3.8) is 0 Å². The Bertz CT molecular complexity index is 670. The molecule has 0 radical (unpaired) electrons. The minimum Gasteiger partial charge on any atom is -0.618 e. The van der Waals surface area contributed by atoms with Gasteiger partial charge in [0.2, 0.25) is 11.6 Å². The highest BCUT2D eigenvalue weighted by Gasteiger charge is 2.18. The lowest BCUT2D eigenvalue weighted by Crippen LogP contribution is -2.37. The van der Waals surface area contributed by atoms with Gasteiger partial charge in [0.25, 0.3) is 0 Å². The van der Waals surface area contributed by atoms with Gasteiger partial charge in [0.15, 0.2) is 6.20 Å². The third kappa shape index (κ3) is 4.26. The summed E-state index contributed by atoms with van der Waals surface area (Å²) in [6.07, 6.45) is 4.05. The number of thioether (sulfide) groups is 1. The Morgan fingerprint density at radius 1 is 1.22 bits per heavy atom. The molecule has 1 aromatic heterocycles. The van der Waals surface area contributed by atoms with Gasteiger partial charge in [-0.1, -0.05) is 30.3 Å². The number of nitrogens with zero attached hydrogens (tertiary/aromatic N) is 1. The summed E-state index contributed by atoms with van der Waals surface area (Å²) in [5.74, 6) is 1.09. The Labute approximate surface area is 140 Å². The summed E-state index contributed by atoms with van der Waals surface area (Å²) in [6.45, 7) is 0.699. The van der Waals surface area contributed by atoms with Crippen molar-refractivity contribution >= 4 is 17.7 Å². The van der Waals surface area contributed by atoms with Gasteiger partial charge in [0.05, 0.1) is 0 Å². The molecule has 4 nitrogen and oxygen atoms in total. The molecular weight excluding hydrogens is 308 g/mol. The molecule has 1 saturated heterocycles. The van der Waals surface area contributed by atoms with E-state index in [0.29, 0.717) is 17.5 Å². The molecule has 0 bridgehead atoms. The van der Waals surface area contributed by atoms with Crippen molar-refractivity contribution in [2.24, 2.45) is 0 Å². The quantitative estimate of drug-likeness (QED) is 0.678. The standard InChI is InChI=1S/C18H20N2O2S/c21-18(19-12-17-7-4-10-23-17)11-16-9-8-15(13-20(16)22)14-5-2-1-3-6-14/h1-3,5-6,8-9,13,17H,4,7,10-12H2,(H,19,21). The van der Waals surface area contributed by atoms with Crippen LogP contribution in [0, 0.1) is 5.21 Å². The molecular formula is C18H20N2O2S. The smallest absolute Gasteiger partial charge is 0.230 e. The molecule has 1 fully saturated rings. The highest BCUT2D eigenvalue weighted by Crippen LogP contribution is 2.25. The SMILES string of the molecule is O=C(Cc1ccc(-c2ccccc2)c[n+]1[O-])NCC1CCCS1. The number of pyridine rings is 1. The molecule has 2 aromatic rings. The van der Waals surface area contributed by atoms with Gasteiger partial charge < -0.3 is 10.5 Å². The van der Waals surface area contributed by atoms with Gasteiger partial charge in [-0.05, 0) is 30.2 Å². The summed E-state index contributed by atoms with van der Waals surface area (Å²) in [5, 5.41) is 15.6. The zero-order chi connectivity index (χ0) is 16.1. The number of amides is 1. The van der Waals surface area contributed by atoms with Gasteiger partial charge in [-0.15, -0.1) is 0 Å². The fourth-order valence-electron chi connectivity index (χ4n) is 2.71. The first-order valence-electron chi connectivity index (χ1n) is 7.88. The maximum Gasteiger partial charge on any atom is 0.230 e. The van der Waals surface area contributed by atoms with E-state index in [1.807, 2.05) is 48.2 Å². The Kier molecular flexibility index (Phi) is 5.18. The summed E-state index contributed by atoms with van der Waals surface area (Å²) < 4.78 is 0.798. The van der Waals surface area contributed by atoms with Gasteiger partial charge >= 0.3 is 0 Å². The lowest BCUT2D eigenvalue weighted by Gasteiger charge is -2.10. The predicted molar refractivity (Wildman–Crippen MR) is 93.0 cm³/mol. The summed E-state index contributed by atoms with van der Waals surface area (Å²) >= 11 is 1.91. The minimum absolute atomic E-state index is 0.0884. The Hall–Kier alpha value is -2.01. The van der Waals surface area contributed by atoms with Crippen LogP contribution in [-0.4, -0.2) is 23.5 Å². The van der Waals surface area contributed by atoms with E-state index < -0.39 is 0 Å². The van der Waals surface area contributed by atoms with Crippen LogP contribution < -0.4 is 10.0 Å². The molecule has 0 saturated carbocycles. The molecule has 1 unspecified atom stereocenters. The molecule has 2 heterocycles. The molecule has 120 valence electrons. The number of carbonyl (C=O) groups is 1. The first kappa shape index (κ1) is 15.9. The normalized spacial score (nSPS) is 17.1. The average molecular weight is 328 g/mol. The second-order valence-corrected chi connectivity index (χ2v) is 7.13. The second kappa shape index (κ2) is 7.51. The van der Waals surface area contributed by atoms with Crippen molar-refractivity contribution in [1.82, 2.24) is 5.32 Å². The van der Waals surface area contributed by atoms with Crippen molar-refractivity contribution in [3.8, 4) is 11.1 Å².